The lowest BCUT2D eigenvalue weighted by molar-refractivity contribution is 0.301. The normalized spacial score (nSPS) is 12.6. The minimum atomic E-state index is -0.0496. The van der Waals surface area contributed by atoms with Crippen LogP contribution in [0.3, 0.4) is 0 Å². The van der Waals surface area contributed by atoms with Gasteiger partial charge in [0.1, 0.15) is 5.82 Å². The van der Waals surface area contributed by atoms with Gasteiger partial charge in [-0.05, 0) is 31.7 Å². The molecule has 4 heteroatoms. The van der Waals surface area contributed by atoms with Crippen LogP contribution in [0.25, 0.3) is 0 Å². The average Bonchev–Trinajstić information content (AvgIpc) is 1.96. The number of nitrogens with two attached hydrogens (primary N) is 1. The van der Waals surface area contributed by atoms with Crippen molar-refractivity contribution in [3.05, 3.63) is 12.3 Å². The van der Waals surface area contributed by atoms with Crippen LogP contribution in [0, 0.1) is 5.41 Å². The van der Waals surface area contributed by atoms with Crippen LogP contribution in [0.4, 0.5) is 11.8 Å². The molecule has 0 amide bonds. The highest BCUT2D eigenvalue weighted by Crippen LogP contribution is 2.28. The second-order valence-corrected chi connectivity index (χ2v) is 6.05. The van der Waals surface area contributed by atoms with Gasteiger partial charge in [-0.2, -0.15) is 4.98 Å². The van der Waals surface area contributed by atoms with E-state index in [1.165, 1.54) is 0 Å². The molecule has 0 fully saturated rings. The van der Waals surface area contributed by atoms with Crippen LogP contribution in [-0.4, -0.2) is 15.5 Å². The summed E-state index contributed by atoms with van der Waals surface area (Å²) in [4.78, 5) is 8.30. The summed E-state index contributed by atoms with van der Waals surface area (Å²) in [6, 6.07) is 1.68. The van der Waals surface area contributed by atoms with Crippen molar-refractivity contribution in [1.29, 1.82) is 0 Å². The number of anilines is 2. The Bertz CT molecular complexity index is 352. The molecule has 4 nitrogen and oxygen atoms in total. The highest BCUT2D eigenvalue weighted by molar-refractivity contribution is 5.36. The van der Waals surface area contributed by atoms with Crippen molar-refractivity contribution in [2.24, 2.45) is 5.41 Å². The summed E-state index contributed by atoms with van der Waals surface area (Å²) in [5, 5.41) is 3.31. The Morgan fingerprint density at radius 1 is 1.25 bits per heavy atom. The largest absolute Gasteiger partial charge is 0.384 e. The standard InChI is InChI=1S/C12H22N4/c1-11(2,3)8-12(4,5)16-10-14-7-6-9(13)15-10/h6-7H,8H2,1-5H3,(H3,13,14,15,16). The first-order chi connectivity index (χ1) is 7.18. The van der Waals surface area contributed by atoms with Gasteiger partial charge in [-0.1, -0.05) is 20.8 Å². The highest BCUT2D eigenvalue weighted by atomic mass is 15.1. The van der Waals surface area contributed by atoms with Crippen LogP contribution in [-0.2, 0) is 0 Å². The van der Waals surface area contributed by atoms with Crippen LogP contribution in [0.2, 0.25) is 0 Å². The summed E-state index contributed by atoms with van der Waals surface area (Å²) in [6.07, 6.45) is 2.69. The molecule has 1 heterocycles. The zero-order chi connectivity index (χ0) is 12.4. The van der Waals surface area contributed by atoms with Crippen molar-refractivity contribution in [3.8, 4) is 0 Å². The summed E-state index contributed by atoms with van der Waals surface area (Å²) >= 11 is 0. The lowest BCUT2D eigenvalue weighted by atomic mass is 9.82. The van der Waals surface area contributed by atoms with Gasteiger partial charge in [0.2, 0.25) is 5.95 Å². The molecular weight excluding hydrogens is 200 g/mol. The van der Waals surface area contributed by atoms with Crippen LogP contribution < -0.4 is 11.1 Å². The van der Waals surface area contributed by atoms with Gasteiger partial charge in [-0.3, -0.25) is 0 Å². The fourth-order valence-corrected chi connectivity index (χ4v) is 2.11. The van der Waals surface area contributed by atoms with E-state index >= 15 is 0 Å². The lowest BCUT2D eigenvalue weighted by Gasteiger charge is -2.33. The van der Waals surface area contributed by atoms with Crippen molar-refractivity contribution >= 4 is 11.8 Å². The predicted molar refractivity (Wildman–Crippen MR) is 68.2 cm³/mol. The second-order valence-electron chi connectivity index (χ2n) is 6.05. The topological polar surface area (TPSA) is 63.8 Å². The van der Waals surface area contributed by atoms with Crippen LogP contribution >= 0.6 is 0 Å². The average molecular weight is 222 g/mol. The molecule has 0 radical (unpaired) electrons. The molecule has 0 atom stereocenters. The Morgan fingerprint density at radius 3 is 2.38 bits per heavy atom. The van der Waals surface area contributed by atoms with Crippen molar-refractivity contribution < 1.29 is 0 Å². The molecule has 0 aliphatic rings. The second kappa shape index (κ2) is 4.28. The summed E-state index contributed by atoms with van der Waals surface area (Å²) in [5.41, 5.74) is 5.82. The van der Waals surface area contributed by atoms with Gasteiger partial charge in [-0.25, -0.2) is 4.98 Å². The summed E-state index contributed by atoms with van der Waals surface area (Å²) in [7, 11) is 0. The number of hydrogen-bond acceptors (Lipinski definition) is 4. The molecule has 16 heavy (non-hydrogen) atoms. The van der Waals surface area contributed by atoms with Gasteiger partial charge in [0.15, 0.2) is 0 Å². The smallest absolute Gasteiger partial charge is 0.224 e. The third kappa shape index (κ3) is 4.47. The molecule has 1 aromatic heterocycles. The Hall–Kier alpha value is -1.32. The summed E-state index contributed by atoms with van der Waals surface area (Å²) in [6.45, 7) is 10.9. The van der Waals surface area contributed by atoms with Gasteiger partial charge in [0.25, 0.3) is 0 Å². The van der Waals surface area contributed by atoms with Gasteiger partial charge in [0.05, 0.1) is 0 Å². The number of nitrogen functional groups attached to an aromatic ring is 1. The monoisotopic (exact) mass is 222 g/mol. The van der Waals surface area contributed by atoms with E-state index < -0.39 is 0 Å². The Kier molecular flexibility index (Phi) is 3.41. The van der Waals surface area contributed by atoms with Gasteiger partial charge in [0, 0.05) is 11.7 Å². The maximum Gasteiger partial charge on any atom is 0.224 e. The maximum atomic E-state index is 5.61. The minimum Gasteiger partial charge on any atom is -0.384 e. The van der Waals surface area contributed by atoms with Crippen LogP contribution in [0.15, 0.2) is 12.3 Å². The Balaban J connectivity index is 2.72. The fraction of sp³-hybridized carbons (Fsp3) is 0.667. The zero-order valence-electron chi connectivity index (χ0n) is 10.8. The molecule has 1 aromatic rings. The molecule has 3 N–H and O–H groups in total. The molecule has 0 bridgehead atoms. The van der Waals surface area contributed by atoms with E-state index in [1.807, 2.05) is 0 Å². The number of hydrogen-bond donors (Lipinski definition) is 2. The maximum absolute atomic E-state index is 5.61. The predicted octanol–water partition coefficient (Wildman–Crippen LogP) is 2.69. The molecule has 0 saturated heterocycles. The first-order valence-corrected chi connectivity index (χ1v) is 5.55. The quantitative estimate of drug-likeness (QED) is 0.825. The first kappa shape index (κ1) is 12.7. The van der Waals surface area contributed by atoms with Gasteiger partial charge in [-0.15, -0.1) is 0 Å². The number of nitrogens with one attached hydrogen (secondary N) is 1. The Labute approximate surface area is 97.7 Å². The zero-order valence-corrected chi connectivity index (χ0v) is 10.8. The van der Waals surface area contributed by atoms with Crippen molar-refractivity contribution in [3.63, 3.8) is 0 Å². The molecule has 0 spiro atoms. The number of rotatable bonds is 3. The van der Waals surface area contributed by atoms with E-state index in [1.54, 1.807) is 12.3 Å². The number of nitrogens with zero attached hydrogens (tertiary/aromatic N) is 2. The minimum absolute atomic E-state index is 0.0496. The molecule has 0 unspecified atom stereocenters. The molecule has 0 saturated carbocycles. The highest BCUT2D eigenvalue weighted by Gasteiger charge is 2.25. The van der Waals surface area contributed by atoms with E-state index in [0.29, 0.717) is 11.8 Å². The summed E-state index contributed by atoms with van der Waals surface area (Å²) in [5.74, 6) is 1.08. The third-order valence-corrected chi connectivity index (χ3v) is 2.10. The van der Waals surface area contributed by atoms with Crippen LogP contribution in [0.1, 0.15) is 41.0 Å². The molecule has 1 rings (SSSR count). The summed E-state index contributed by atoms with van der Waals surface area (Å²) < 4.78 is 0. The van der Waals surface area contributed by atoms with Gasteiger partial charge >= 0.3 is 0 Å². The molecular formula is C12H22N4. The van der Waals surface area contributed by atoms with Crippen LogP contribution in [0.5, 0.6) is 0 Å². The van der Waals surface area contributed by atoms with Crippen molar-refractivity contribution in [2.75, 3.05) is 11.1 Å². The first-order valence-electron chi connectivity index (χ1n) is 5.55. The molecule has 0 aliphatic heterocycles. The van der Waals surface area contributed by atoms with E-state index in [2.05, 4.69) is 49.9 Å². The Morgan fingerprint density at radius 2 is 1.88 bits per heavy atom. The number of aromatic nitrogens is 2. The third-order valence-electron chi connectivity index (χ3n) is 2.10. The molecule has 0 aromatic carbocycles. The molecule has 90 valence electrons. The lowest BCUT2D eigenvalue weighted by Crippen LogP contribution is -2.36. The van der Waals surface area contributed by atoms with E-state index in [9.17, 15) is 0 Å². The van der Waals surface area contributed by atoms with E-state index in [0.717, 1.165) is 6.42 Å². The van der Waals surface area contributed by atoms with Gasteiger partial charge < -0.3 is 11.1 Å². The van der Waals surface area contributed by atoms with Crippen molar-refractivity contribution in [1.82, 2.24) is 9.97 Å². The van der Waals surface area contributed by atoms with Crippen molar-refractivity contribution in [2.45, 2.75) is 46.6 Å². The molecule has 0 aliphatic carbocycles. The fourth-order valence-electron chi connectivity index (χ4n) is 2.11. The SMILES string of the molecule is CC(C)(C)CC(C)(C)Nc1nccc(N)n1. The van der Waals surface area contributed by atoms with E-state index in [4.69, 9.17) is 5.73 Å². The van der Waals surface area contributed by atoms with E-state index in [-0.39, 0.29) is 11.0 Å².